The zero-order valence-corrected chi connectivity index (χ0v) is 14.1. The van der Waals surface area contributed by atoms with E-state index >= 15 is 0 Å². The van der Waals surface area contributed by atoms with Gasteiger partial charge in [0.15, 0.2) is 0 Å². The van der Waals surface area contributed by atoms with Gasteiger partial charge in [-0.3, -0.25) is 4.79 Å². The second-order valence-corrected chi connectivity index (χ2v) is 8.22. The van der Waals surface area contributed by atoms with Crippen LogP contribution in [-0.2, 0) is 26.3 Å². The minimum absolute atomic E-state index is 0.0362. The third kappa shape index (κ3) is 3.00. The minimum Gasteiger partial charge on any atom is -0.372 e. The maximum atomic E-state index is 12.2. The molecule has 2 atom stereocenters. The van der Waals surface area contributed by atoms with Crippen LogP contribution in [0.2, 0.25) is 0 Å². The summed E-state index contributed by atoms with van der Waals surface area (Å²) in [5, 5.41) is 3.94. The number of amides is 1. The van der Waals surface area contributed by atoms with Gasteiger partial charge in [0.1, 0.15) is 0 Å². The molecule has 2 unspecified atom stereocenters. The SMILES string of the molecule is CC(C(=O)Nc1cc2c(s1)C(C)(C)OC(C)(C)C2)C1CO1. The zero-order valence-electron chi connectivity index (χ0n) is 13.3. The van der Waals surface area contributed by atoms with Crippen molar-refractivity contribution in [3.05, 3.63) is 16.5 Å². The van der Waals surface area contributed by atoms with Crippen LogP contribution in [0.25, 0.3) is 0 Å². The molecule has 1 N–H and O–H groups in total. The van der Waals surface area contributed by atoms with Crippen LogP contribution < -0.4 is 5.32 Å². The van der Waals surface area contributed by atoms with Crippen LogP contribution in [0.15, 0.2) is 6.07 Å². The van der Waals surface area contributed by atoms with Crippen molar-refractivity contribution in [2.45, 2.75) is 58.3 Å². The average Bonchev–Trinajstić information content (AvgIpc) is 3.08. The second-order valence-electron chi connectivity index (χ2n) is 7.16. The molecule has 2 aliphatic rings. The fourth-order valence-electron chi connectivity index (χ4n) is 3.11. The molecule has 0 spiro atoms. The zero-order chi connectivity index (χ0) is 15.4. The van der Waals surface area contributed by atoms with Crippen molar-refractivity contribution >= 4 is 22.2 Å². The van der Waals surface area contributed by atoms with Gasteiger partial charge in [0, 0.05) is 11.3 Å². The Morgan fingerprint density at radius 1 is 1.43 bits per heavy atom. The molecule has 0 radical (unpaired) electrons. The van der Waals surface area contributed by atoms with Crippen LogP contribution in [0, 0.1) is 5.92 Å². The number of rotatable bonds is 3. The van der Waals surface area contributed by atoms with Crippen LogP contribution in [-0.4, -0.2) is 24.2 Å². The molecule has 3 heterocycles. The first-order valence-electron chi connectivity index (χ1n) is 7.44. The lowest BCUT2D eigenvalue weighted by Crippen LogP contribution is -2.41. The van der Waals surface area contributed by atoms with Crippen molar-refractivity contribution in [1.29, 1.82) is 0 Å². The average molecular weight is 309 g/mol. The molecule has 1 saturated heterocycles. The Balaban J connectivity index is 1.80. The molecule has 0 saturated carbocycles. The van der Waals surface area contributed by atoms with Gasteiger partial charge in [-0.25, -0.2) is 0 Å². The number of carbonyl (C=O) groups is 1. The highest BCUT2D eigenvalue weighted by atomic mass is 32.1. The van der Waals surface area contributed by atoms with E-state index in [1.54, 1.807) is 11.3 Å². The van der Waals surface area contributed by atoms with Crippen LogP contribution in [0.3, 0.4) is 0 Å². The lowest BCUT2D eigenvalue weighted by atomic mass is 9.89. The third-order valence-corrected chi connectivity index (χ3v) is 5.48. The molecule has 5 heteroatoms. The largest absolute Gasteiger partial charge is 0.372 e. The molecule has 3 rings (SSSR count). The molecule has 0 bridgehead atoms. The number of hydrogen-bond acceptors (Lipinski definition) is 4. The fourth-order valence-corrected chi connectivity index (χ4v) is 4.23. The molecule has 21 heavy (non-hydrogen) atoms. The number of carbonyl (C=O) groups excluding carboxylic acids is 1. The van der Waals surface area contributed by atoms with E-state index in [1.165, 1.54) is 10.4 Å². The fraction of sp³-hybridized carbons (Fsp3) is 0.688. The summed E-state index contributed by atoms with van der Waals surface area (Å²) in [6.07, 6.45) is 0.970. The van der Waals surface area contributed by atoms with E-state index in [4.69, 9.17) is 9.47 Å². The lowest BCUT2D eigenvalue weighted by molar-refractivity contribution is -0.135. The van der Waals surface area contributed by atoms with Crippen LogP contribution in [0.5, 0.6) is 0 Å². The van der Waals surface area contributed by atoms with Crippen LogP contribution in [0.1, 0.15) is 45.1 Å². The van der Waals surface area contributed by atoms with E-state index in [-0.39, 0.29) is 29.1 Å². The molecule has 0 aromatic carbocycles. The Labute approximate surface area is 129 Å². The van der Waals surface area contributed by atoms with E-state index in [2.05, 4.69) is 39.1 Å². The van der Waals surface area contributed by atoms with Crippen molar-refractivity contribution < 1.29 is 14.3 Å². The van der Waals surface area contributed by atoms with Crippen molar-refractivity contribution in [3.8, 4) is 0 Å². The van der Waals surface area contributed by atoms with E-state index < -0.39 is 0 Å². The Morgan fingerprint density at radius 2 is 2.10 bits per heavy atom. The predicted molar refractivity (Wildman–Crippen MR) is 83.7 cm³/mol. The molecule has 1 amide bonds. The van der Waals surface area contributed by atoms with Gasteiger partial charge in [0.05, 0.1) is 34.8 Å². The van der Waals surface area contributed by atoms with Crippen molar-refractivity contribution in [3.63, 3.8) is 0 Å². The first-order valence-corrected chi connectivity index (χ1v) is 8.25. The number of nitrogens with one attached hydrogen (secondary N) is 1. The maximum absolute atomic E-state index is 12.2. The molecule has 1 fully saturated rings. The number of epoxide rings is 1. The lowest BCUT2D eigenvalue weighted by Gasteiger charge is -2.41. The summed E-state index contributed by atoms with van der Waals surface area (Å²) in [5.74, 6) is -0.0566. The van der Waals surface area contributed by atoms with Gasteiger partial charge in [-0.2, -0.15) is 0 Å². The summed E-state index contributed by atoms with van der Waals surface area (Å²) >= 11 is 1.62. The number of hydrogen-bond donors (Lipinski definition) is 1. The molecule has 116 valence electrons. The predicted octanol–water partition coefficient (Wildman–Crippen LogP) is 3.31. The van der Waals surface area contributed by atoms with Gasteiger partial charge in [-0.05, 0) is 39.3 Å². The first-order chi connectivity index (χ1) is 9.68. The Hall–Kier alpha value is -0.910. The van der Waals surface area contributed by atoms with E-state index in [1.807, 2.05) is 6.92 Å². The summed E-state index contributed by atoms with van der Waals surface area (Å²) in [7, 11) is 0. The molecule has 0 aliphatic carbocycles. The molecular formula is C16H23NO3S. The Morgan fingerprint density at radius 3 is 2.71 bits per heavy atom. The van der Waals surface area contributed by atoms with Gasteiger partial charge < -0.3 is 14.8 Å². The van der Waals surface area contributed by atoms with Gasteiger partial charge in [0.2, 0.25) is 5.91 Å². The first kappa shape index (κ1) is 15.0. The minimum atomic E-state index is -0.310. The summed E-state index contributed by atoms with van der Waals surface area (Å²) in [6.45, 7) is 11.0. The monoisotopic (exact) mass is 309 g/mol. The normalized spacial score (nSPS) is 26.8. The van der Waals surface area contributed by atoms with Crippen LogP contribution >= 0.6 is 11.3 Å². The van der Waals surface area contributed by atoms with Crippen molar-refractivity contribution in [1.82, 2.24) is 0 Å². The number of anilines is 1. The summed E-state index contributed by atoms with van der Waals surface area (Å²) in [4.78, 5) is 13.4. The highest BCUT2D eigenvalue weighted by molar-refractivity contribution is 7.16. The summed E-state index contributed by atoms with van der Waals surface area (Å²) < 4.78 is 11.4. The maximum Gasteiger partial charge on any atom is 0.230 e. The topological polar surface area (TPSA) is 50.9 Å². The quantitative estimate of drug-likeness (QED) is 0.872. The highest BCUT2D eigenvalue weighted by Gasteiger charge is 2.40. The molecular weight excluding hydrogens is 286 g/mol. The Kier molecular flexibility index (Phi) is 3.43. The van der Waals surface area contributed by atoms with Crippen molar-refractivity contribution in [2.75, 3.05) is 11.9 Å². The molecule has 4 nitrogen and oxygen atoms in total. The van der Waals surface area contributed by atoms with E-state index in [9.17, 15) is 4.79 Å². The van der Waals surface area contributed by atoms with Gasteiger partial charge in [-0.1, -0.05) is 6.92 Å². The highest BCUT2D eigenvalue weighted by Crippen LogP contribution is 2.45. The number of fused-ring (bicyclic) bond motifs is 1. The Bertz CT molecular complexity index is 572. The standard InChI is InChI=1S/C16H23NO3S/c1-9(11-8-19-11)14(18)17-12-6-10-7-15(2,3)20-16(4,5)13(10)21-12/h6,9,11H,7-8H2,1-5H3,(H,17,18). The van der Waals surface area contributed by atoms with E-state index in [0.29, 0.717) is 6.61 Å². The van der Waals surface area contributed by atoms with Crippen LogP contribution in [0.4, 0.5) is 5.00 Å². The van der Waals surface area contributed by atoms with Gasteiger partial charge in [0.25, 0.3) is 0 Å². The summed E-state index contributed by atoms with van der Waals surface area (Å²) in [6, 6.07) is 2.10. The number of ether oxygens (including phenoxy) is 2. The van der Waals surface area contributed by atoms with Gasteiger partial charge >= 0.3 is 0 Å². The van der Waals surface area contributed by atoms with Gasteiger partial charge in [-0.15, -0.1) is 11.3 Å². The smallest absolute Gasteiger partial charge is 0.230 e. The molecule has 1 aromatic heterocycles. The van der Waals surface area contributed by atoms with E-state index in [0.717, 1.165) is 11.4 Å². The molecule has 2 aliphatic heterocycles. The summed E-state index contributed by atoms with van der Waals surface area (Å²) in [5.41, 5.74) is 0.802. The second kappa shape index (κ2) is 4.80. The third-order valence-electron chi connectivity index (χ3n) is 4.08. The number of thiophene rings is 1. The van der Waals surface area contributed by atoms with Crippen molar-refractivity contribution in [2.24, 2.45) is 5.92 Å². The molecule has 1 aromatic rings.